The number of nitrogens with zero attached hydrogens (tertiary/aromatic N) is 2. The Morgan fingerprint density at radius 1 is 1.14 bits per heavy atom. The van der Waals surface area contributed by atoms with Gasteiger partial charge in [-0.1, -0.05) is 30.3 Å². The zero-order valence-corrected chi connectivity index (χ0v) is 20.8. The second-order valence-corrected chi connectivity index (χ2v) is 12.6. The molecule has 2 aliphatic rings. The van der Waals surface area contributed by atoms with Gasteiger partial charge in [-0.15, -0.1) is 0 Å². The number of hydrogen-bond donors (Lipinski definition) is 0. The van der Waals surface area contributed by atoms with E-state index in [-0.39, 0.29) is 16.4 Å². The molecule has 0 bridgehead atoms. The Kier molecular flexibility index (Phi) is 7.00. The molecule has 0 aliphatic carbocycles. The summed E-state index contributed by atoms with van der Waals surface area (Å²) in [7, 11) is -5.34. The molecule has 0 unspecified atom stereocenters. The summed E-state index contributed by atoms with van der Waals surface area (Å²) in [5, 5.41) is 0. The van der Waals surface area contributed by atoms with Gasteiger partial charge in [0, 0.05) is 25.7 Å². The highest BCUT2D eigenvalue weighted by Crippen LogP contribution is 2.32. The van der Waals surface area contributed by atoms with Crippen molar-refractivity contribution >= 4 is 43.5 Å². The number of carbonyl (C=O) groups excluding carboxylic acids is 2. The number of hydrogen-bond acceptors (Lipinski definition) is 7. The van der Waals surface area contributed by atoms with Crippen LogP contribution in [0.25, 0.3) is 6.08 Å². The lowest BCUT2D eigenvalue weighted by Gasteiger charge is -2.22. The Labute approximate surface area is 205 Å². The quantitative estimate of drug-likeness (QED) is 0.404. The standard InChI is InChI=1S/C24H26N2O7S2/c1-25(20-13-15-34(29,30)17-20)23(27)16-33-24(28)11-8-18-6-9-21(10-7-18)35(31,32)26-14-12-19-4-2-3-5-22(19)26/h2-11,20H,12-17H2,1H3/b11-8+/t20-/m0/s1. The molecule has 1 atom stereocenters. The summed E-state index contributed by atoms with van der Waals surface area (Å²) in [4.78, 5) is 25.7. The van der Waals surface area contributed by atoms with Crippen molar-refractivity contribution < 1.29 is 31.2 Å². The predicted octanol–water partition coefficient (Wildman–Crippen LogP) is 1.64. The molecule has 0 aromatic heterocycles. The van der Waals surface area contributed by atoms with E-state index in [0.717, 1.165) is 11.6 Å². The van der Waals surface area contributed by atoms with E-state index in [4.69, 9.17) is 4.74 Å². The molecule has 2 aromatic rings. The van der Waals surface area contributed by atoms with Gasteiger partial charge < -0.3 is 9.64 Å². The lowest BCUT2D eigenvalue weighted by Crippen LogP contribution is -2.40. The molecule has 0 N–H and O–H groups in total. The van der Waals surface area contributed by atoms with Crippen molar-refractivity contribution in [2.24, 2.45) is 0 Å². The molecule has 35 heavy (non-hydrogen) atoms. The van der Waals surface area contributed by atoms with Crippen LogP contribution in [0, 0.1) is 0 Å². The van der Waals surface area contributed by atoms with Crippen molar-refractivity contribution in [2.75, 3.05) is 36.0 Å². The first kappa shape index (κ1) is 24.9. The van der Waals surface area contributed by atoms with Crippen molar-refractivity contribution in [3.05, 3.63) is 65.7 Å². The van der Waals surface area contributed by atoms with Gasteiger partial charge in [-0.25, -0.2) is 21.6 Å². The fourth-order valence-corrected chi connectivity index (χ4v) is 7.44. The highest BCUT2D eigenvalue weighted by Gasteiger charge is 2.33. The van der Waals surface area contributed by atoms with Crippen LogP contribution in [0.4, 0.5) is 5.69 Å². The van der Waals surface area contributed by atoms with Crippen molar-refractivity contribution in [1.29, 1.82) is 0 Å². The maximum Gasteiger partial charge on any atom is 0.331 e. The number of esters is 1. The predicted molar refractivity (Wildman–Crippen MR) is 131 cm³/mol. The molecule has 1 fully saturated rings. The number of anilines is 1. The van der Waals surface area contributed by atoms with Crippen molar-refractivity contribution in [3.63, 3.8) is 0 Å². The largest absolute Gasteiger partial charge is 0.452 e. The van der Waals surface area contributed by atoms with Crippen LogP contribution in [0.3, 0.4) is 0 Å². The van der Waals surface area contributed by atoms with Gasteiger partial charge in [-0.2, -0.15) is 0 Å². The monoisotopic (exact) mass is 518 g/mol. The van der Waals surface area contributed by atoms with Crippen LogP contribution in [-0.4, -0.2) is 71.4 Å². The van der Waals surface area contributed by atoms with E-state index in [1.807, 2.05) is 18.2 Å². The van der Waals surface area contributed by atoms with Gasteiger partial charge in [0.2, 0.25) is 0 Å². The average molecular weight is 519 g/mol. The number of sulfonamides is 1. The smallest absolute Gasteiger partial charge is 0.331 e. The van der Waals surface area contributed by atoms with Crippen LogP contribution in [-0.2, 0) is 40.6 Å². The fraction of sp³-hybridized carbons (Fsp3) is 0.333. The number of sulfone groups is 1. The van der Waals surface area contributed by atoms with Gasteiger partial charge in [0.05, 0.1) is 22.1 Å². The zero-order chi connectivity index (χ0) is 25.2. The van der Waals surface area contributed by atoms with Gasteiger partial charge >= 0.3 is 5.97 Å². The molecule has 1 saturated heterocycles. The maximum atomic E-state index is 13.1. The van der Waals surface area contributed by atoms with Gasteiger partial charge in [0.25, 0.3) is 15.9 Å². The average Bonchev–Trinajstić information content (AvgIpc) is 3.44. The van der Waals surface area contributed by atoms with E-state index in [9.17, 15) is 26.4 Å². The first-order valence-electron chi connectivity index (χ1n) is 11.1. The molecule has 0 spiro atoms. The van der Waals surface area contributed by atoms with E-state index in [2.05, 4.69) is 0 Å². The maximum absolute atomic E-state index is 13.1. The van der Waals surface area contributed by atoms with E-state index in [0.29, 0.717) is 30.6 Å². The number of para-hydroxylation sites is 1. The summed E-state index contributed by atoms with van der Waals surface area (Å²) in [5.41, 5.74) is 2.27. The van der Waals surface area contributed by atoms with Gasteiger partial charge in [0.1, 0.15) is 0 Å². The minimum absolute atomic E-state index is 0.0449. The number of likely N-dealkylation sites (N-methyl/N-ethyl adjacent to an activating group) is 1. The number of fused-ring (bicyclic) bond motifs is 1. The zero-order valence-electron chi connectivity index (χ0n) is 19.2. The fourth-order valence-electron chi connectivity index (χ4n) is 4.17. The molecule has 9 nitrogen and oxygen atoms in total. The number of amides is 1. The Morgan fingerprint density at radius 3 is 2.54 bits per heavy atom. The topological polar surface area (TPSA) is 118 Å². The summed E-state index contributed by atoms with van der Waals surface area (Å²) in [6, 6.07) is 13.1. The SMILES string of the molecule is CN(C(=O)COC(=O)/C=C/c1ccc(S(=O)(=O)N2CCc3ccccc32)cc1)[C@H]1CCS(=O)(=O)C1. The Balaban J connectivity index is 1.32. The number of ether oxygens (including phenoxy) is 1. The molecular weight excluding hydrogens is 492 g/mol. The normalized spacial score (nSPS) is 19.0. The van der Waals surface area contributed by atoms with Crippen LogP contribution >= 0.6 is 0 Å². The van der Waals surface area contributed by atoms with Gasteiger partial charge in [0.15, 0.2) is 16.4 Å². The molecular formula is C24H26N2O7S2. The minimum atomic E-state index is -3.70. The summed E-state index contributed by atoms with van der Waals surface area (Å²) < 4.78 is 55.7. The van der Waals surface area contributed by atoms with Crippen LogP contribution in [0.15, 0.2) is 59.5 Å². The molecule has 2 aliphatic heterocycles. The molecule has 4 rings (SSSR count). The first-order valence-corrected chi connectivity index (χ1v) is 14.3. The Hall–Kier alpha value is -3.18. The second-order valence-electron chi connectivity index (χ2n) is 8.53. The molecule has 0 saturated carbocycles. The van der Waals surface area contributed by atoms with Gasteiger partial charge in [-0.3, -0.25) is 9.10 Å². The van der Waals surface area contributed by atoms with Crippen LogP contribution in [0.2, 0.25) is 0 Å². The van der Waals surface area contributed by atoms with E-state index in [1.54, 1.807) is 18.2 Å². The lowest BCUT2D eigenvalue weighted by molar-refractivity contribution is -0.148. The molecule has 2 heterocycles. The number of carbonyl (C=O) groups is 2. The number of rotatable bonds is 7. The summed E-state index contributed by atoms with van der Waals surface area (Å²) >= 11 is 0. The third-order valence-electron chi connectivity index (χ3n) is 6.21. The van der Waals surface area contributed by atoms with Gasteiger partial charge in [-0.05, 0) is 48.2 Å². The molecule has 11 heteroatoms. The highest BCUT2D eigenvalue weighted by atomic mass is 32.2. The van der Waals surface area contributed by atoms with E-state index >= 15 is 0 Å². The third-order valence-corrected chi connectivity index (χ3v) is 9.79. The summed E-state index contributed by atoms with van der Waals surface area (Å²) in [5.74, 6) is -1.26. The van der Waals surface area contributed by atoms with Crippen LogP contribution in [0.5, 0.6) is 0 Å². The Morgan fingerprint density at radius 2 is 1.86 bits per heavy atom. The van der Waals surface area contributed by atoms with Crippen molar-refractivity contribution in [3.8, 4) is 0 Å². The molecule has 2 aromatic carbocycles. The van der Waals surface area contributed by atoms with Crippen LogP contribution in [0.1, 0.15) is 17.5 Å². The minimum Gasteiger partial charge on any atom is -0.452 e. The number of benzene rings is 2. The van der Waals surface area contributed by atoms with Crippen LogP contribution < -0.4 is 4.31 Å². The van der Waals surface area contributed by atoms with E-state index < -0.39 is 44.4 Å². The highest BCUT2D eigenvalue weighted by molar-refractivity contribution is 7.93. The Bertz CT molecular complexity index is 1370. The third kappa shape index (κ3) is 5.57. The molecule has 0 radical (unpaired) electrons. The summed E-state index contributed by atoms with van der Waals surface area (Å²) in [6.07, 6.45) is 3.64. The lowest BCUT2D eigenvalue weighted by atomic mass is 10.2. The molecule has 1 amide bonds. The first-order chi connectivity index (χ1) is 16.6. The van der Waals surface area contributed by atoms with E-state index in [1.165, 1.54) is 34.5 Å². The van der Waals surface area contributed by atoms with Crippen molar-refractivity contribution in [2.45, 2.75) is 23.8 Å². The van der Waals surface area contributed by atoms with Crippen molar-refractivity contribution in [1.82, 2.24) is 4.90 Å². The second kappa shape index (κ2) is 9.82. The summed E-state index contributed by atoms with van der Waals surface area (Å²) in [6.45, 7) is -0.107. The molecule has 186 valence electrons.